The number of aliphatic hydroxyl groups excluding tert-OH is 1. The number of likely N-dealkylation sites (tertiary alicyclic amines) is 1. The minimum absolute atomic E-state index is 0.00543. The largest absolute Gasteiger partial charge is 0.465 e. The number of carbonyl (C=O) groups is 2. The van der Waals surface area contributed by atoms with Gasteiger partial charge in [-0.15, -0.1) is 11.3 Å². The van der Waals surface area contributed by atoms with Crippen molar-refractivity contribution in [1.29, 1.82) is 0 Å². The molecule has 1 aliphatic rings. The number of rotatable bonds is 2. The van der Waals surface area contributed by atoms with E-state index in [9.17, 15) is 14.7 Å². The fourth-order valence-electron chi connectivity index (χ4n) is 1.76. The third-order valence-corrected chi connectivity index (χ3v) is 3.90. The van der Waals surface area contributed by atoms with Gasteiger partial charge in [0.2, 0.25) is 0 Å². The van der Waals surface area contributed by atoms with Crippen LogP contribution in [0.25, 0.3) is 0 Å². The molecule has 1 aliphatic heterocycles. The van der Waals surface area contributed by atoms with Gasteiger partial charge in [-0.1, -0.05) is 11.6 Å². The van der Waals surface area contributed by atoms with Crippen LogP contribution in [0.3, 0.4) is 0 Å². The molecule has 0 spiro atoms. The van der Waals surface area contributed by atoms with Crippen LogP contribution in [0.2, 0.25) is 4.34 Å². The number of aliphatic hydroxyl groups is 1. The monoisotopic (exact) mass is 290 g/mol. The molecule has 2 heterocycles. The summed E-state index contributed by atoms with van der Waals surface area (Å²) in [6, 6.07) is 2.60. The molecule has 1 fully saturated rings. The summed E-state index contributed by atoms with van der Waals surface area (Å²) in [6.07, 6.45) is -1.99. The van der Waals surface area contributed by atoms with Crippen LogP contribution in [0.15, 0.2) is 12.1 Å². The quantitative estimate of drug-likeness (QED) is 0.753. The molecule has 1 saturated heterocycles. The molecule has 2 atom stereocenters. The predicted molar refractivity (Wildman–Crippen MR) is 66.2 cm³/mol. The van der Waals surface area contributed by atoms with Gasteiger partial charge in [-0.2, -0.15) is 0 Å². The van der Waals surface area contributed by atoms with Crippen LogP contribution < -0.4 is 5.32 Å². The van der Waals surface area contributed by atoms with Gasteiger partial charge in [0, 0.05) is 6.54 Å². The van der Waals surface area contributed by atoms with Crippen molar-refractivity contribution < 1.29 is 19.8 Å². The number of carbonyl (C=O) groups excluding carboxylic acids is 1. The fourth-order valence-corrected chi connectivity index (χ4v) is 2.71. The predicted octanol–water partition coefficient (Wildman–Crippen LogP) is 0.854. The Morgan fingerprint density at radius 2 is 2.17 bits per heavy atom. The van der Waals surface area contributed by atoms with E-state index in [4.69, 9.17) is 16.7 Å². The Hall–Kier alpha value is -1.31. The zero-order valence-corrected chi connectivity index (χ0v) is 10.7. The first-order valence-electron chi connectivity index (χ1n) is 5.19. The SMILES string of the molecule is O=C(N[C@@H]1CN(C(=O)O)C[C@H]1O)c1ccc(Cl)s1. The van der Waals surface area contributed by atoms with E-state index in [0.717, 1.165) is 16.2 Å². The van der Waals surface area contributed by atoms with Gasteiger partial charge in [0.25, 0.3) is 5.91 Å². The molecule has 0 unspecified atom stereocenters. The highest BCUT2D eigenvalue weighted by Gasteiger charge is 2.35. The van der Waals surface area contributed by atoms with Gasteiger partial charge in [0.1, 0.15) is 0 Å². The second kappa shape index (κ2) is 5.13. The molecule has 0 saturated carbocycles. The summed E-state index contributed by atoms with van der Waals surface area (Å²) in [7, 11) is 0. The van der Waals surface area contributed by atoms with Crippen LogP contribution in [0.5, 0.6) is 0 Å². The van der Waals surface area contributed by atoms with E-state index >= 15 is 0 Å². The van der Waals surface area contributed by atoms with Crippen LogP contribution >= 0.6 is 22.9 Å². The maximum Gasteiger partial charge on any atom is 0.407 e. The van der Waals surface area contributed by atoms with Crippen molar-refractivity contribution in [3.63, 3.8) is 0 Å². The summed E-state index contributed by atoms with van der Waals surface area (Å²) in [5.74, 6) is -0.358. The number of hydrogen-bond donors (Lipinski definition) is 3. The standard InChI is InChI=1S/C10H11ClN2O4S/c11-8-2-1-7(18-8)9(15)12-5-3-13(10(16)17)4-6(5)14/h1-2,5-6,14H,3-4H2,(H,12,15)(H,16,17)/t5-,6-/m1/s1. The van der Waals surface area contributed by atoms with Crippen LogP contribution in [-0.2, 0) is 0 Å². The summed E-state index contributed by atoms with van der Waals surface area (Å²) in [5.41, 5.74) is 0. The molecule has 0 radical (unpaired) electrons. The summed E-state index contributed by atoms with van der Waals surface area (Å²) in [6.45, 7) is 0.0901. The van der Waals surface area contributed by atoms with Crippen molar-refractivity contribution in [3.05, 3.63) is 21.3 Å². The van der Waals surface area contributed by atoms with Crippen molar-refractivity contribution in [2.24, 2.45) is 0 Å². The van der Waals surface area contributed by atoms with Gasteiger partial charge < -0.3 is 20.4 Å². The van der Waals surface area contributed by atoms with Gasteiger partial charge >= 0.3 is 6.09 Å². The number of halogens is 1. The van der Waals surface area contributed by atoms with E-state index in [1.165, 1.54) is 0 Å². The molecule has 0 bridgehead atoms. The zero-order chi connectivity index (χ0) is 13.3. The second-order valence-electron chi connectivity index (χ2n) is 3.94. The molecule has 8 heteroatoms. The summed E-state index contributed by atoms with van der Waals surface area (Å²) in [4.78, 5) is 24.0. The highest BCUT2D eigenvalue weighted by Crippen LogP contribution is 2.21. The Bertz CT molecular complexity index is 478. The van der Waals surface area contributed by atoms with Crippen LogP contribution in [0, 0.1) is 0 Å². The van der Waals surface area contributed by atoms with Crippen molar-refractivity contribution >= 4 is 34.9 Å². The minimum atomic E-state index is -1.11. The number of β-amino-alcohol motifs (C(OH)–C–C–N with tert-alkyl or cyclic N) is 1. The third-order valence-electron chi connectivity index (χ3n) is 2.67. The topological polar surface area (TPSA) is 89.9 Å². The maximum atomic E-state index is 11.8. The number of nitrogens with zero attached hydrogens (tertiary/aromatic N) is 1. The van der Waals surface area contributed by atoms with Crippen molar-refractivity contribution in [2.75, 3.05) is 13.1 Å². The van der Waals surface area contributed by atoms with Crippen LogP contribution in [0.1, 0.15) is 9.67 Å². The molecule has 18 heavy (non-hydrogen) atoms. The molecule has 1 aromatic heterocycles. The molecule has 2 rings (SSSR count). The first kappa shape index (κ1) is 13.1. The van der Waals surface area contributed by atoms with Gasteiger partial charge in [-0.05, 0) is 12.1 Å². The fraction of sp³-hybridized carbons (Fsp3) is 0.400. The summed E-state index contributed by atoms with van der Waals surface area (Å²) < 4.78 is 0.499. The lowest BCUT2D eigenvalue weighted by atomic mass is 10.2. The van der Waals surface area contributed by atoms with Gasteiger partial charge in [0.15, 0.2) is 0 Å². The number of amides is 2. The highest BCUT2D eigenvalue weighted by molar-refractivity contribution is 7.17. The molecule has 0 aliphatic carbocycles. The smallest absolute Gasteiger partial charge is 0.407 e. The molecule has 3 N–H and O–H groups in total. The molecule has 98 valence electrons. The number of hydrogen-bond acceptors (Lipinski definition) is 4. The first-order valence-corrected chi connectivity index (χ1v) is 6.39. The Morgan fingerprint density at radius 1 is 1.44 bits per heavy atom. The normalized spacial score (nSPS) is 23.1. The Morgan fingerprint density at radius 3 is 2.67 bits per heavy atom. The zero-order valence-electron chi connectivity index (χ0n) is 9.17. The van der Waals surface area contributed by atoms with Crippen molar-refractivity contribution in [3.8, 4) is 0 Å². The van der Waals surface area contributed by atoms with Crippen LogP contribution in [0.4, 0.5) is 4.79 Å². The Labute approximate surface area is 112 Å². The van der Waals surface area contributed by atoms with Crippen LogP contribution in [-0.4, -0.2) is 52.3 Å². The average molecular weight is 291 g/mol. The number of nitrogens with one attached hydrogen (secondary N) is 1. The van der Waals surface area contributed by atoms with E-state index in [0.29, 0.717) is 9.21 Å². The van der Waals surface area contributed by atoms with E-state index in [2.05, 4.69) is 5.32 Å². The summed E-state index contributed by atoms with van der Waals surface area (Å²) in [5, 5.41) is 21.1. The van der Waals surface area contributed by atoms with E-state index in [-0.39, 0.29) is 19.0 Å². The second-order valence-corrected chi connectivity index (χ2v) is 5.65. The maximum absolute atomic E-state index is 11.8. The lowest BCUT2D eigenvalue weighted by molar-refractivity contribution is 0.0892. The lowest BCUT2D eigenvalue weighted by Gasteiger charge is -2.14. The van der Waals surface area contributed by atoms with Crippen molar-refractivity contribution in [2.45, 2.75) is 12.1 Å². The third kappa shape index (κ3) is 2.74. The molecule has 2 amide bonds. The minimum Gasteiger partial charge on any atom is -0.465 e. The highest BCUT2D eigenvalue weighted by atomic mass is 35.5. The molecule has 0 aromatic carbocycles. The Kier molecular flexibility index (Phi) is 3.74. The van der Waals surface area contributed by atoms with E-state index in [1.54, 1.807) is 12.1 Å². The molecule has 1 aromatic rings. The van der Waals surface area contributed by atoms with Gasteiger partial charge in [0.05, 0.1) is 27.9 Å². The number of thiophene rings is 1. The molecule has 6 nitrogen and oxygen atoms in total. The first-order chi connectivity index (χ1) is 8.47. The number of carboxylic acid groups (broad SMARTS) is 1. The summed E-state index contributed by atoms with van der Waals surface area (Å²) >= 11 is 6.85. The average Bonchev–Trinajstić information content (AvgIpc) is 2.86. The van der Waals surface area contributed by atoms with Crippen molar-refractivity contribution in [1.82, 2.24) is 10.2 Å². The van der Waals surface area contributed by atoms with Gasteiger partial charge in [-0.3, -0.25) is 4.79 Å². The lowest BCUT2D eigenvalue weighted by Crippen LogP contribution is -2.42. The van der Waals surface area contributed by atoms with E-state index in [1.807, 2.05) is 0 Å². The van der Waals surface area contributed by atoms with Gasteiger partial charge in [-0.25, -0.2) is 4.79 Å². The van der Waals surface area contributed by atoms with E-state index < -0.39 is 18.2 Å². The Balaban J connectivity index is 1.98. The molecular weight excluding hydrogens is 280 g/mol. The molecular formula is C10H11ClN2O4S.